The van der Waals surface area contributed by atoms with Crippen LogP contribution in [0.4, 0.5) is 4.39 Å². The van der Waals surface area contributed by atoms with Gasteiger partial charge in [-0.1, -0.05) is 17.7 Å². The molecule has 0 saturated heterocycles. The van der Waals surface area contributed by atoms with Crippen LogP contribution in [-0.2, 0) is 4.79 Å². The van der Waals surface area contributed by atoms with Gasteiger partial charge in [-0.3, -0.25) is 4.79 Å². The Morgan fingerprint density at radius 2 is 1.58 bits per heavy atom. The molecular weight excluding hydrogens is 309 g/mol. The molecule has 0 aliphatic rings. The maximum absolute atomic E-state index is 12.7. The van der Waals surface area contributed by atoms with Crippen LogP contribution in [0.2, 0.25) is 0 Å². The summed E-state index contributed by atoms with van der Waals surface area (Å²) in [5, 5.41) is 2.80. The van der Waals surface area contributed by atoms with Gasteiger partial charge in [0.1, 0.15) is 17.3 Å². The number of amides is 1. The third-order valence-electron chi connectivity index (χ3n) is 3.37. The molecule has 24 heavy (non-hydrogen) atoms. The van der Waals surface area contributed by atoms with E-state index in [-0.39, 0.29) is 18.3 Å². The van der Waals surface area contributed by atoms with Gasteiger partial charge in [0.15, 0.2) is 6.61 Å². The number of ether oxygens (including phenoxy) is 2. The number of unbranched alkanes of at least 4 members (excludes halogenated alkanes) is 1. The summed E-state index contributed by atoms with van der Waals surface area (Å²) >= 11 is 0. The van der Waals surface area contributed by atoms with Gasteiger partial charge in [0.05, 0.1) is 6.61 Å². The molecule has 128 valence electrons. The molecule has 1 N–H and O–H groups in total. The van der Waals surface area contributed by atoms with E-state index in [2.05, 4.69) is 5.32 Å². The largest absolute Gasteiger partial charge is 0.494 e. The number of rotatable bonds is 9. The fraction of sp³-hybridized carbons (Fsp3) is 0.316. The fourth-order valence-corrected chi connectivity index (χ4v) is 2.01. The second-order valence-corrected chi connectivity index (χ2v) is 5.46. The first-order valence-corrected chi connectivity index (χ1v) is 7.98. The average Bonchev–Trinajstić information content (AvgIpc) is 2.59. The molecule has 0 unspecified atom stereocenters. The Hall–Kier alpha value is -2.56. The van der Waals surface area contributed by atoms with Crippen molar-refractivity contribution in [1.82, 2.24) is 5.32 Å². The van der Waals surface area contributed by atoms with E-state index < -0.39 is 0 Å². The number of hydrogen-bond donors (Lipinski definition) is 1. The number of nitrogens with one attached hydrogen (secondary N) is 1. The van der Waals surface area contributed by atoms with E-state index in [4.69, 9.17) is 9.47 Å². The van der Waals surface area contributed by atoms with Crippen molar-refractivity contribution >= 4 is 5.91 Å². The maximum Gasteiger partial charge on any atom is 0.257 e. The SMILES string of the molecule is Cc1ccc(OCC(=O)NCCCCOc2ccc(F)cc2)cc1. The minimum Gasteiger partial charge on any atom is -0.494 e. The second kappa shape index (κ2) is 9.55. The Morgan fingerprint density at radius 1 is 0.958 bits per heavy atom. The summed E-state index contributed by atoms with van der Waals surface area (Å²) in [6.45, 7) is 3.11. The van der Waals surface area contributed by atoms with Crippen LogP contribution in [0.1, 0.15) is 18.4 Å². The second-order valence-electron chi connectivity index (χ2n) is 5.46. The lowest BCUT2D eigenvalue weighted by atomic mass is 10.2. The van der Waals surface area contributed by atoms with Gasteiger partial charge in [-0.2, -0.15) is 0 Å². The Labute approximate surface area is 141 Å². The first-order chi connectivity index (χ1) is 11.6. The molecule has 0 heterocycles. The van der Waals surface area contributed by atoms with Gasteiger partial charge >= 0.3 is 0 Å². The lowest BCUT2D eigenvalue weighted by Crippen LogP contribution is -2.29. The van der Waals surface area contributed by atoms with Gasteiger partial charge < -0.3 is 14.8 Å². The lowest BCUT2D eigenvalue weighted by Gasteiger charge is -2.08. The summed E-state index contributed by atoms with van der Waals surface area (Å²) in [5.74, 6) is 0.906. The summed E-state index contributed by atoms with van der Waals surface area (Å²) in [4.78, 5) is 11.7. The quantitative estimate of drug-likeness (QED) is 0.716. The van der Waals surface area contributed by atoms with Crippen molar-refractivity contribution in [2.75, 3.05) is 19.8 Å². The van der Waals surface area contributed by atoms with Crippen LogP contribution in [0.15, 0.2) is 48.5 Å². The van der Waals surface area contributed by atoms with Crippen molar-refractivity contribution in [1.29, 1.82) is 0 Å². The molecule has 0 aliphatic carbocycles. The first-order valence-electron chi connectivity index (χ1n) is 7.98. The Kier molecular flexibility index (Phi) is 7.08. The topological polar surface area (TPSA) is 47.6 Å². The summed E-state index contributed by atoms with van der Waals surface area (Å²) in [6, 6.07) is 13.5. The Balaban J connectivity index is 1.51. The van der Waals surface area contributed by atoms with Crippen LogP contribution in [0.3, 0.4) is 0 Å². The molecule has 0 bridgehead atoms. The first kappa shape index (κ1) is 17.8. The number of carbonyl (C=O) groups excluding carboxylic acids is 1. The number of hydrogen-bond acceptors (Lipinski definition) is 3. The van der Waals surface area contributed by atoms with E-state index in [0.717, 1.165) is 18.4 Å². The van der Waals surface area contributed by atoms with Crippen LogP contribution >= 0.6 is 0 Å². The van der Waals surface area contributed by atoms with Crippen LogP contribution in [0.5, 0.6) is 11.5 Å². The molecule has 1 amide bonds. The van der Waals surface area contributed by atoms with Crippen LogP contribution in [-0.4, -0.2) is 25.7 Å². The molecule has 2 aromatic rings. The number of halogens is 1. The third-order valence-corrected chi connectivity index (χ3v) is 3.37. The molecule has 0 spiro atoms. The minimum atomic E-state index is -0.280. The van der Waals surface area contributed by atoms with Crippen molar-refractivity contribution in [3.63, 3.8) is 0 Å². The average molecular weight is 331 g/mol. The summed E-state index contributed by atoms with van der Waals surface area (Å²) in [7, 11) is 0. The highest BCUT2D eigenvalue weighted by molar-refractivity contribution is 5.77. The standard InChI is InChI=1S/C19H22FNO3/c1-15-4-8-18(9-5-15)24-14-19(22)21-12-2-3-13-23-17-10-6-16(20)7-11-17/h4-11H,2-3,12-14H2,1H3,(H,21,22). The van der Waals surface area contributed by atoms with E-state index in [1.54, 1.807) is 12.1 Å². The smallest absolute Gasteiger partial charge is 0.257 e. The zero-order valence-corrected chi connectivity index (χ0v) is 13.8. The lowest BCUT2D eigenvalue weighted by molar-refractivity contribution is -0.123. The molecule has 2 aromatic carbocycles. The van der Waals surface area contributed by atoms with Gasteiger partial charge in [0.25, 0.3) is 5.91 Å². The zero-order valence-electron chi connectivity index (χ0n) is 13.8. The van der Waals surface area contributed by atoms with Crippen LogP contribution in [0.25, 0.3) is 0 Å². The van der Waals surface area contributed by atoms with E-state index >= 15 is 0 Å². The van der Waals surface area contributed by atoms with Gasteiger partial charge in [0, 0.05) is 6.54 Å². The van der Waals surface area contributed by atoms with Crippen LogP contribution < -0.4 is 14.8 Å². The highest BCUT2D eigenvalue weighted by atomic mass is 19.1. The Morgan fingerprint density at radius 3 is 2.29 bits per heavy atom. The molecule has 0 atom stereocenters. The summed E-state index contributed by atoms with van der Waals surface area (Å²) < 4.78 is 23.6. The fourth-order valence-electron chi connectivity index (χ4n) is 2.01. The predicted molar refractivity (Wildman–Crippen MR) is 90.8 cm³/mol. The minimum absolute atomic E-state index is 0.00907. The van der Waals surface area contributed by atoms with E-state index in [0.29, 0.717) is 24.7 Å². The normalized spacial score (nSPS) is 10.2. The molecule has 0 aliphatic heterocycles. The van der Waals surface area contributed by atoms with Crippen molar-refractivity contribution < 1.29 is 18.7 Å². The molecular formula is C19H22FNO3. The van der Waals surface area contributed by atoms with Gasteiger partial charge in [-0.25, -0.2) is 4.39 Å². The molecule has 0 aromatic heterocycles. The van der Waals surface area contributed by atoms with Gasteiger partial charge in [0.2, 0.25) is 0 Å². The number of aryl methyl sites for hydroxylation is 1. The van der Waals surface area contributed by atoms with Gasteiger partial charge in [-0.05, 0) is 56.2 Å². The Bertz CT molecular complexity index is 626. The molecule has 5 heteroatoms. The predicted octanol–water partition coefficient (Wildman–Crippen LogP) is 3.49. The molecule has 0 fully saturated rings. The van der Waals surface area contributed by atoms with Crippen molar-refractivity contribution in [3.8, 4) is 11.5 Å². The van der Waals surface area contributed by atoms with Crippen molar-refractivity contribution in [2.24, 2.45) is 0 Å². The van der Waals surface area contributed by atoms with E-state index in [9.17, 15) is 9.18 Å². The number of carbonyl (C=O) groups is 1. The van der Waals surface area contributed by atoms with E-state index in [1.807, 2.05) is 31.2 Å². The molecule has 0 radical (unpaired) electrons. The highest BCUT2D eigenvalue weighted by Crippen LogP contribution is 2.12. The summed E-state index contributed by atoms with van der Waals surface area (Å²) in [5.41, 5.74) is 1.15. The summed E-state index contributed by atoms with van der Waals surface area (Å²) in [6.07, 6.45) is 1.61. The van der Waals surface area contributed by atoms with Crippen LogP contribution in [0, 0.1) is 12.7 Å². The monoisotopic (exact) mass is 331 g/mol. The van der Waals surface area contributed by atoms with Crippen molar-refractivity contribution in [3.05, 3.63) is 59.9 Å². The number of benzene rings is 2. The van der Waals surface area contributed by atoms with Crippen molar-refractivity contribution in [2.45, 2.75) is 19.8 Å². The molecule has 0 saturated carbocycles. The highest BCUT2D eigenvalue weighted by Gasteiger charge is 2.02. The zero-order chi connectivity index (χ0) is 17.2. The van der Waals surface area contributed by atoms with E-state index in [1.165, 1.54) is 12.1 Å². The molecule has 4 nitrogen and oxygen atoms in total. The van der Waals surface area contributed by atoms with Gasteiger partial charge in [-0.15, -0.1) is 0 Å². The molecule has 2 rings (SSSR count). The third kappa shape index (κ3) is 6.69. The maximum atomic E-state index is 12.7.